The molecular weight excluding hydrogens is 336 g/mol. The predicted molar refractivity (Wildman–Crippen MR) is 88.1 cm³/mol. The molecule has 4 N–H and O–H groups in total. The van der Waals surface area contributed by atoms with E-state index in [2.05, 4.69) is 15.7 Å². The maximum Gasteiger partial charge on any atom is 0.337 e. The molecule has 0 aliphatic heterocycles. The van der Waals surface area contributed by atoms with Gasteiger partial charge in [0, 0.05) is 11.1 Å². The molecule has 9 heteroatoms. The molecule has 1 atom stereocenters. The first-order valence-corrected chi connectivity index (χ1v) is 7.42. The summed E-state index contributed by atoms with van der Waals surface area (Å²) in [5, 5.41) is 28.0. The quantitative estimate of drug-likeness (QED) is 0.629. The van der Waals surface area contributed by atoms with Crippen molar-refractivity contribution in [1.82, 2.24) is 15.1 Å². The third kappa shape index (κ3) is 4.71. The molecule has 2 amide bonds. The van der Waals surface area contributed by atoms with Gasteiger partial charge in [0.2, 0.25) is 0 Å². The highest BCUT2D eigenvalue weighted by Gasteiger charge is 2.30. The first-order chi connectivity index (χ1) is 11.3. The van der Waals surface area contributed by atoms with E-state index in [1.165, 1.54) is 6.20 Å². The van der Waals surface area contributed by atoms with E-state index in [9.17, 15) is 14.7 Å². The van der Waals surface area contributed by atoms with Crippen LogP contribution in [0.15, 0.2) is 36.5 Å². The molecule has 128 valence electrons. The van der Waals surface area contributed by atoms with Crippen LogP contribution in [0.25, 0.3) is 0 Å². The number of aliphatic carboxylic acids is 1. The van der Waals surface area contributed by atoms with Crippen molar-refractivity contribution < 1.29 is 19.8 Å². The number of aliphatic hydroxyl groups is 1. The van der Waals surface area contributed by atoms with Crippen molar-refractivity contribution in [2.45, 2.75) is 19.1 Å². The van der Waals surface area contributed by atoms with Gasteiger partial charge in [0.05, 0.1) is 19.3 Å². The highest BCUT2D eigenvalue weighted by molar-refractivity contribution is 6.30. The van der Waals surface area contributed by atoms with E-state index >= 15 is 0 Å². The minimum atomic E-state index is -2.04. The Hall–Kier alpha value is -2.58. The molecule has 24 heavy (non-hydrogen) atoms. The topological polar surface area (TPSA) is 116 Å². The van der Waals surface area contributed by atoms with Gasteiger partial charge in [0.25, 0.3) is 0 Å². The van der Waals surface area contributed by atoms with Crippen molar-refractivity contribution in [3.8, 4) is 0 Å². The monoisotopic (exact) mass is 352 g/mol. The van der Waals surface area contributed by atoms with Crippen LogP contribution in [-0.2, 0) is 11.3 Å². The Morgan fingerprint density at radius 3 is 2.58 bits per heavy atom. The number of hydrogen-bond acceptors (Lipinski definition) is 4. The fourth-order valence-corrected chi connectivity index (χ4v) is 1.94. The Morgan fingerprint density at radius 2 is 1.96 bits per heavy atom. The molecule has 1 heterocycles. The van der Waals surface area contributed by atoms with Crippen molar-refractivity contribution in [3.05, 3.63) is 47.1 Å². The van der Waals surface area contributed by atoms with E-state index in [1.54, 1.807) is 22.9 Å². The number of aromatic nitrogens is 2. The maximum atomic E-state index is 11.8. The number of carbonyl (C=O) groups is 2. The van der Waals surface area contributed by atoms with E-state index < -0.39 is 24.1 Å². The number of carbonyl (C=O) groups excluding carboxylic acids is 1. The molecule has 2 aromatic rings. The third-order valence-electron chi connectivity index (χ3n) is 3.26. The van der Waals surface area contributed by atoms with Gasteiger partial charge < -0.3 is 15.5 Å². The zero-order valence-corrected chi connectivity index (χ0v) is 13.6. The number of carboxylic acid groups (broad SMARTS) is 1. The van der Waals surface area contributed by atoms with E-state index in [4.69, 9.17) is 16.7 Å². The lowest BCUT2D eigenvalue weighted by atomic mass is 10.1. The van der Waals surface area contributed by atoms with Crippen molar-refractivity contribution in [3.63, 3.8) is 0 Å². The summed E-state index contributed by atoms with van der Waals surface area (Å²) in [6.45, 7) is 1.09. The van der Waals surface area contributed by atoms with Gasteiger partial charge in [-0.15, -0.1) is 0 Å². The zero-order chi connectivity index (χ0) is 17.7. The lowest BCUT2D eigenvalue weighted by molar-refractivity contribution is -0.155. The van der Waals surface area contributed by atoms with Crippen molar-refractivity contribution >= 4 is 29.4 Å². The van der Waals surface area contributed by atoms with E-state index in [-0.39, 0.29) is 0 Å². The lowest BCUT2D eigenvalue weighted by Gasteiger charge is -2.18. The Balaban J connectivity index is 1.96. The molecule has 0 fully saturated rings. The van der Waals surface area contributed by atoms with E-state index in [1.807, 2.05) is 12.1 Å². The van der Waals surface area contributed by atoms with Crippen LogP contribution in [0.5, 0.6) is 0 Å². The fourth-order valence-electron chi connectivity index (χ4n) is 1.82. The maximum absolute atomic E-state index is 11.8. The van der Waals surface area contributed by atoms with Crippen LogP contribution in [-0.4, -0.2) is 44.1 Å². The van der Waals surface area contributed by atoms with Crippen LogP contribution in [0.4, 0.5) is 10.6 Å². The van der Waals surface area contributed by atoms with Gasteiger partial charge in [0.15, 0.2) is 5.60 Å². The summed E-state index contributed by atoms with van der Waals surface area (Å²) < 4.78 is 1.57. The highest BCUT2D eigenvalue weighted by Crippen LogP contribution is 2.13. The Bertz CT molecular complexity index is 727. The SMILES string of the molecule is CC(O)(CNC(=O)Nc1ccnn1Cc1ccc(Cl)cc1)C(=O)O. The number of halogens is 1. The number of nitrogens with zero attached hydrogens (tertiary/aromatic N) is 2. The van der Waals surface area contributed by atoms with Crippen molar-refractivity contribution in [1.29, 1.82) is 0 Å². The summed E-state index contributed by atoms with van der Waals surface area (Å²) in [6, 6.07) is 8.16. The second kappa shape index (κ2) is 7.33. The first kappa shape index (κ1) is 17.8. The van der Waals surface area contributed by atoms with Crippen LogP contribution < -0.4 is 10.6 Å². The summed E-state index contributed by atoms with van der Waals surface area (Å²) in [6.07, 6.45) is 1.53. The second-order valence-electron chi connectivity index (χ2n) is 5.39. The van der Waals surface area contributed by atoms with Crippen LogP contribution >= 0.6 is 11.6 Å². The summed E-state index contributed by atoms with van der Waals surface area (Å²) in [4.78, 5) is 22.6. The van der Waals surface area contributed by atoms with Gasteiger partial charge >= 0.3 is 12.0 Å². The van der Waals surface area contributed by atoms with Crippen LogP contribution in [0.3, 0.4) is 0 Å². The van der Waals surface area contributed by atoms with Gasteiger partial charge in [0.1, 0.15) is 5.82 Å². The largest absolute Gasteiger partial charge is 0.479 e. The molecule has 0 radical (unpaired) electrons. The number of benzene rings is 1. The average Bonchev–Trinajstić information content (AvgIpc) is 2.94. The van der Waals surface area contributed by atoms with Gasteiger partial charge in [-0.1, -0.05) is 23.7 Å². The molecular formula is C15H17ClN4O4. The molecule has 1 unspecified atom stereocenters. The molecule has 8 nitrogen and oxygen atoms in total. The summed E-state index contributed by atoms with van der Waals surface area (Å²) in [5.41, 5.74) is -1.10. The van der Waals surface area contributed by atoms with E-state index in [0.29, 0.717) is 17.4 Å². The molecule has 2 rings (SSSR count). The molecule has 0 bridgehead atoms. The van der Waals surface area contributed by atoms with Gasteiger partial charge in [-0.25, -0.2) is 14.3 Å². The third-order valence-corrected chi connectivity index (χ3v) is 3.51. The lowest BCUT2D eigenvalue weighted by Crippen LogP contribution is -2.47. The molecule has 0 aliphatic rings. The number of hydrogen-bond donors (Lipinski definition) is 4. The number of anilines is 1. The number of carboxylic acids is 1. The number of urea groups is 1. The van der Waals surface area contributed by atoms with E-state index in [0.717, 1.165) is 12.5 Å². The van der Waals surface area contributed by atoms with Crippen LogP contribution in [0.2, 0.25) is 5.02 Å². The fraction of sp³-hybridized carbons (Fsp3) is 0.267. The molecule has 1 aromatic heterocycles. The van der Waals surface area contributed by atoms with Crippen molar-refractivity contribution in [2.75, 3.05) is 11.9 Å². The first-order valence-electron chi connectivity index (χ1n) is 7.05. The average molecular weight is 353 g/mol. The minimum Gasteiger partial charge on any atom is -0.479 e. The van der Waals surface area contributed by atoms with Gasteiger partial charge in [-0.3, -0.25) is 5.32 Å². The summed E-state index contributed by atoms with van der Waals surface area (Å²) in [7, 11) is 0. The van der Waals surface area contributed by atoms with Crippen LogP contribution in [0, 0.1) is 0 Å². The summed E-state index contributed by atoms with van der Waals surface area (Å²) in [5.74, 6) is -0.993. The van der Waals surface area contributed by atoms with Gasteiger partial charge in [-0.2, -0.15) is 5.10 Å². The molecule has 0 spiro atoms. The van der Waals surface area contributed by atoms with Crippen LogP contribution in [0.1, 0.15) is 12.5 Å². The van der Waals surface area contributed by atoms with Gasteiger partial charge in [-0.05, 0) is 24.6 Å². The predicted octanol–water partition coefficient (Wildman–Crippen LogP) is 1.54. The standard InChI is InChI=1S/C15H17ClN4O4/c1-15(24,13(21)22)9-17-14(23)19-12-6-7-18-20(12)8-10-2-4-11(16)5-3-10/h2-7,24H,8-9H2,1H3,(H,21,22)(H2,17,19,23). The zero-order valence-electron chi connectivity index (χ0n) is 12.9. The smallest absolute Gasteiger partial charge is 0.337 e. The Kier molecular flexibility index (Phi) is 5.42. The summed E-state index contributed by atoms with van der Waals surface area (Å²) >= 11 is 5.84. The Morgan fingerprint density at radius 1 is 1.29 bits per heavy atom. The molecule has 0 saturated carbocycles. The number of nitrogens with one attached hydrogen (secondary N) is 2. The molecule has 0 aliphatic carbocycles. The van der Waals surface area contributed by atoms with Crippen molar-refractivity contribution in [2.24, 2.45) is 0 Å². The normalized spacial score (nSPS) is 13.1. The minimum absolute atomic E-state index is 0.423. The second-order valence-corrected chi connectivity index (χ2v) is 5.82. The highest BCUT2D eigenvalue weighted by atomic mass is 35.5. The number of rotatable bonds is 6. The molecule has 0 saturated heterocycles. The molecule has 1 aromatic carbocycles. The Labute approximate surface area is 143 Å². The number of amides is 2.